The van der Waals surface area contributed by atoms with Crippen LogP contribution in [0.25, 0.3) is 0 Å². The number of pyridine rings is 2. The van der Waals surface area contributed by atoms with Crippen LogP contribution in [-0.4, -0.2) is 21.3 Å². The van der Waals surface area contributed by atoms with Gasteiger partial charge >= 0.3 is 0 Å². The molecule has 4 heteroatoms. The molecule has 2 aromatic rings. The highest BCUT2D eigenvalue weighted by Crippen LogP contribution is 2.71. The molecule has 4 saturated carbocycles. The average molecular weight is 503 g/mol. The zero-order chi connectivity index (χ0) is 24.3. The van der Waals surface area contributed by atoms with Crippen molar-refractivity contribution >= 4 is 28.0 Å². The normalized spacial score (nSPS) is 33.2. The third-order valence-electron chi connectivity index (χ3n) is 9.85. The van der Waals surface area contributed by atoms with E-state index in [-0.39, 0.29) is 10.6 Å². The highest BCUT2D eigenvalue weighted by molar-refractivity contribution is 7.72. The van der Waals surface area contributed by atoms with Gasteiger partial charge in [0.2, 0.25) is 0 Å². The molecule has 2 nitrogen and oxygen atoms in total. The summed E-state index contributed by atoms with van der Waals surface area (Å²) in [6, 6.07) is 12.7. The molecule has 184 valence electrons. The van der Waals surface area contributed by atoms with Crippen LogP contribution in [-0.2, 0) is 0 Å². The van der Waals surface area contributed by atoms with Crippen LogP contribution < -0.4 is 10.9 Å². The summed E-state index contributed by atoms with van der Waals surface area (Å²) in [5.74, 6) is 3.34. The van der Waals surface area contributed by atoms with Crippen LogP contribution in [0, 0.1) is 34.5 Å². The molecule has 0 aliphatic heterocycles. The maximum absolute atomic E-state index is 4.82. The Bertz CT molecular complexity index is 1040. The van der Waals surface area contributed by atoms with E-state index in [0.717, 1.165) is 23.9 Å². The van der Waals surface area contributed by atoms with Crippen molar-refractivity contribution in [1.29, 1.82) is 0 Å². The minimum absolute atomic E-state index is 0.157. The van der Waals surface area contributed by atoms with Crippen LogP contribution in [0.5, 0.6) is 0 Å². The number of hydrogen-bond acceptors (Lipinski definition) is 2. The van der Waals surface area contributed by atoms with Crippen molar-refractivity contribution in [2.75, 3.05) is 6.16 Å². The first kappa shape index (κ1) is 24.0. The van der Waals surface area contributed by atoms with E-state index < -0.39 is 7.92 Å². The van der Waals surface area contributed by atoms with Crippen LogP contribution in [0.4, 0.5) is 0 Å². The zero-order valence-corrected chi connectivity index (χ0v) is 23.6. The Morgan fingerprint density at radius 1 is 0.886 bits per heavy atom. The van der Waals surface area contributed by atoms with Gasteiger partial charge in [0.05, 0.1) is 10.9 Å². The van der Waals surface area contributed by atoms with Gasteiger partial charge in [-0.3, -0.25) is 9.97 Å². The second-order valence-corrected chi connectivity index (χ2v) is 15.9. The van der Waals surface area contributed by atoms with Gasteiger partial charge in [-0.2, -0.15) is 0 Å². The second-order valence-electron chi connectivity index (χ2n) is 12.9. The maximum Gasteiger partial charge on any atom is 0.0695 e. The van der Waals surface area contributed by atoms with Gasteiger partial charge in [0, 0.05) is 37.6 Å². The van der Waals surface area contributed by atoms with Gasteiger partial charge in [0.15, 0.2) is 0 Å². The Kier molecular flexibility index (Phi) is 6.09. The third kappa shape index (κ3) is 3.99. The lowest BCUT2D eigenvalue weighted by atomic mass is 9.41. The topological polar surface area (TPSA) is 25.8 Å². The van der Waals surface area contributed by atoms with E-state index in [2.05, 4.69) is 72.5 Å². The van der Waals surface area contributed by atoms with Gasteiger partial charge in [-0.25, -0.2) is 0 Å². The van der Waals surface area contributed by atoms with Crippen LogP contribution in [0.1, 0.15) is 59.3 Å². The largest absolute Gasteiger partial charge is 0.256 e. The minimum Gasteiger partial charge on any atom is -0.256 e. The van der Waals surface area contributed by atoms with Crippen molar-refractivity contribution in [2.45, 2.75) is 64.5 Å². The highest BCUT2D eigenvalue weighted by atomic mass is 31.1. The van der Waals surface area contributed by atoms with E-state index in [4.69, 9.17) is 9.97 Å². The van der Waals surface area contributed by atoms with Crippen LogP contribution >= 0.6 is 17.2 Å². The van der Waals surface area contributed by atoms with Crippen LogP contribution in [0.15, 0.2) is 72.6 Å². The first-order valence-electron chi connectivity index (χ1n) is 13.5. The van der Waals surface area contributed by atoms with Crippen molar-refractivity contribution in [3.05, 3.63) is 72.6 Å². The molecule has 3 unspecified atom stereocenters. The molecule has 0 saturated heterocycles. The number of hydrogen-bond donors (Lipinski definition) is 0. The molecule has 0 aromatic carbocycles. The molecule has 5 aliphatic carbocycles. The lowest BCUT2D eigenvalue weighted by Crippen LogP contribution is -2.63. The molecule has 4 bridgehead atoms. The molecule has 2 aromatic heterocycles. The van der Waals surface area contributed by atoms with E-state index >= 15 is 0 Å². The Balaban J connectivity index is 1.38. The summed E-state index contributed by atoms with van der Waals surface area (Å²) in [6.45, 7) is 7.55. The highest BCUT2D eigenvalue weighted by Gasteiger charge is 2.64. The number of rotatable bonds is 6. The number of nitrogens with zero attached hydrogens (tertiary/aromatic N) is 2. The fraction of sp³-hybridized carbons (Fsp3) is 0.548. The summed E-state index contributed by atoms with van der Waals surface area (Å²) in [5.41, 5.74) is 4.59. The van der Waals surface area contributed by atoms with Crippen LogP contribution in [0.3, 0.4) is 0 Å². The van der Waals surface area contributed by atoms with E-state index in [1.165, 1.54) is 49.4 Å². The quantitative estimate of drug-likeness (QED) is 0.402. The summed E-state index contributed by atoms with van der Waals surface area (Å²) in [4.78, 5) is 9.65. The molecule has 0 spiro atoms. The lowest BCUT2D eigenvalue weighted by Gasteiger charge is -2.68. The predicted molar refractivity (Wildman–Crippen MR) is 153 cm³/mol. The van der Waals surface area contributed by atoms with Gasteiger partial charge in [0.25, 0.3) is 0 Å². The van der Waals surface area contributed by atoms with Gasteiger partial charge < -0.3 is 0 Å². The molecule has 3 atom stereocenters. The summed E-state index contributed by atoms with van der Waals surface area (Å²) in [7, 11) is 2.92. The summed E-state index contributed by atoms with van der Waals surface area (Å²) < 4.78 is 0. The zero-order valence-electron chi connectivity index (χ0n) is 21.5. The molecule has 4 fully saturated rings. The van der Waals surface area contributed by atoms with Crippen molar-refractivity contribution in [3.8, 4) is 0 Å². The van der Waals surface area contributed by atoms with Gasteiger partial charge in [0.1, 0.15) is 0 Å². The lowest BCUT2D eigenvalue weighted by molar-refractivity contribution is -0.105. The summed E-state index contributed by atoms with van der Waals surface area (Å²) in [5, 5.41) is 0.157. The van der Waals surface area contributed by atoms with Crippen molar-refractivity contribution in [3.63, 3.8) is 0 Å². The maximum atomic E-state index is 4.82. The Hall–Kier alpha value is -1.36. The predicted octanol–water partition coefficient (Wildman–Crippen LogP) is 6.90. The Morgan fingerprint density at radius 2 is 1.43 bits per heavy atom. The van der Waals surface area contributed by atoms with Crippen molar-refractivity contribution < 1.29 is 0 Å². The fourth-order valence-electron chi connectivity index (χ4n) is 8.81. The van der Waals surface area contributed by atoms with Crippen molar-refractivity contribution in [1.82, 2.24) is 9.97 Å². The smallest absolute Gasteiger partial charge is 0.0695 e. The van der Waals surface area contributed by atoms with Crippen LogP contribution in [0.2, 0.25) is 0 Å². The molecular formula is C31H40N2P2. The first-order chi connectivity index (χ1) is 16.8. The standard InChI is InChI=1S/C31H40N2P2/c1-29(2,3)31(34,30-18-22-15-23(19-30)17-24(16-22)20-30)26-10-8-9-25(26)21-35(27-11-4-6-13-32-27)28-12-5-7-14-33-28/h4-14,22-24,26H,15-21,34H2,1-3H3. The fourth-order valence-corrected chi connectivity index (χ4v) is 11.7. The number of allylic oxidation sites excluding steroid dienone is 4. The molecule has 0 N–H and O–H groups in total. The van der Waals surface area contributed by atoms with Gasteiger partial charge in [-0.05, 0) is 91.4 Å². The molecule has 5 aliphatic rings. The molecule has 0 radical (unpaired) electrons. The molecular weight excluding hydrogens is 462 g/mol. The molecule has 35 heavy (non-hydrogen) atoms. The SMILES string of the molecule is CC(C)(C)C(P)(C1C=CC=C1CP(c1ccccn1)c1ccccn1)C12CC3CC(CC(C3)C1)C2. The third-order valence-corrected chi connectivity index (χ3v) is 14.0. The second kappa shape index (κ2) is 8.89. The summed E-state index contributed by atoms with van der Waals surface area (Å²) >= 11 is 0. The molecule has 2 heterocycles. The molecule has 0 amide bonds. The monoisotopic (exact) mass is 502 g/mol. The summed E-state index contributed by atoms with van der Waals surface area (Å²) in [6.07, 6.45) is 21.1. The van der Waals surface area contributed by atoms with E-state index in [9.17, 15) is 0 Å². The minimum atomic E-state index is -0.644. The Morgan fingerprint density at radius 3 is 1.89 bits per heavy atom. The van der Waals surface area contributed by atoms with E-state index in [1.807, 2.05) is 24.5 Å². The number of aromatic nitrogens is 2. The van der Waals surface area contributed by atoms with E-state index in [0.29, 0.717) is 11.3 Å². The van der Waals surface area contributed by atoms with E-state index in [1.54, 1.807) is 5.57 Å². The Labute approximate surface area is 215 Å². The van der Waals surface area contributed by atoms with Gasteiger partial charge in [-0.15, -0.1) is 9.24 Å². The average Bonchev–Trinajstić information content (AvgIpc) is 3.30. The van der Waals surface area contributed by atoms with Gasteiger partial charge in [-0.1, -0.05) is 56.7 Å². The molecule has 7 rings (SSSR count). The van der Waals surface area contributed by atoms with Crippen molar-refractivity contribution in [2.24, 2.45) is 34.5 Å². The first-order valence-corrected chi connectivity index (χ1v) is 15.7.